The first-order chi connectivity index (χ1) is 10.1. The molecule has 0 bridgehead atoms. The average molecular weight is 288 g/mol. The second kappa shape index (κ2) is 5.48. The molecule has 5 heteroatoms. The largest absolute Gasteiger partial charge is 0.431 e. The van der Waals surface area contributed by atoms with Gasteiger partial charge in [-0.1, -0.05) is 30.3 Å². The van der Waals surface area contributed by atoms with Gasteiger partial charge in [-0.25, -0.2) is 9.69 Å². The predicted molar refractivity (Wildman–Crippen MR) is 77.6 cm³/mol. The summed E-state index contributed by atoms with van der Waals surface area (Å²) in [6.07, 6.45) is 0.993. The molecule has 1 spiro atoms. The Morgan fingerprint density at radius 2 is 2.00 bits per heavy atom. The molecule has 0 saturated carbocycles. The summed E-state index contributed by atoms with van der Waals surface area (Å²) in [5.74, 6) is -0.173. The van der Waals surface area contributed by atoms with Gasteiger partial charge < -0.3 is 4.74 Å². The van der Waals surface area contributed by atoms with Crippen molar-refractivity contribution in [3.8, 4) is 0 Å². The third kappa shape index (κ3) is 2.53. The molecule has 2 saturated heterocycles. The van der Waals surface area contributed by atoms with Crippen molar-refractivity contribution in [2.45, 2.75) is 31.9 Å². The van der Waals surface area contributed by atoms with Crippen molar-refractivity contribution in [3.05, 3.63) is 35.9 Å². The summed E-state index contributed by atoms with van der Waals surface area (Å²) < 4.78 is 5.47. The molecule has 0 aliphatic carbocycles. The highest BCUT2D eigenvalue weighted by molar-refractivity contribution is 6.03. The van der Waals surface area contributed by atoms with Crippen molar-refractivity contribution < 1.29 is 14.3 Å². The summed E-state index contributed by atoms with van der Waals surface area (Å²) in [5.41, 5.74) is 0.249. The van der Waals surface area contributed by atoms with Crippen molar-refractivity contribution >= 4 is 12.0 Å². The van der Waals surface area contributed by atoms with Gasteiger partial charge in [0.05, 0.1) is 0 Å². The third-order valence-corrected chi connectivity index (χ3v) is 4.24. The maximum atomic E-state index is 12.5. The zero-order valence-electron chi connectivity index (χ0n) is 12.2. The van der Waals surface area contributed by atoms with Gasteiger partial charge in [0.1, 0.15) is 0 Å². The van der Waals surface area contributed by atoms with E-state index >= 15 is 0 Å². The van der Waals surface area contributed by atoms with Gasteiger partial charge in [0.15, 0.2) is 0 Å². The number of ether oxygens (including phenoxy) is 1. The Labute approximate surface area is 124 Å². The normalized spacial score (nSPS) is 26.4. The molecular weight excluding hydrogens is 268 g/mol. The van der Waals surface area contributed by atoms with E-state index in [0.717, 1.165) is 19.5 Å². The number of hydrogen-bond acceptors (Lipinski definition) is 4. The number of likely N-dealkylation sites (N-methyl/N-ethyl adjacent to an activating group) is 1. The van der Waals surface area contributed by atoms with Crippen LogP contribution in [0.15, 0.2) is 30.3 Å². The molecule has 1 atom stereocenters. The van der Waals surface area contributed by atoms with E-state index in [4.69, 9.17) is 4.74 Å². The van der Waals surface area contributed by atoms with Gasteiger partial charge in [-0.15, -0.1) is 0 Å². The second-order valence-electron chi connectivity index (χ2n) is 5.71. The quantitative estimate of drug-likeness (QED) is 0.854. The number of amides is 2. The van der Waals surface area contributed by atoms with Crippen molar-refractivity contribution in [2.24, 2.45) is 0 Å². The SMILES string of the molecule is CCN1C(=O)OC2(CCCN(Cc3ccccc3)C2)C1=O. The Kier molecular flexibility index (Phi) is 3.68. The number of piperidine rings is 1. The number of carbonyl (C=O) groups is 2. The molecule has 5 nitrogen and oxygen atoms in total. The van der Waals surface area contributed by atoms with E-state index in [1.165, 1.54) is 10.5 Å². The van der Waals surface area contributed by atoms with E-state index in [2.05, 4.69) is 17.0 Å². The minimum absolute atomic E-state index is 0.173. The molecule has 1 aromatic rings. The van der Waals surface area contributed by atoms with Crippen LogP contribution < -0.4 is 0 Å². The summed E-state index contributed by atoms with van der Waals surface area (Å²) in [5, 5.41) is 0. The Morgan fingerprint density at radius 3 is 2.67 bits per heavy atom. The van der Waals surface area contributed by atoms with Gasteiger partial charge in [0.2, 0.25) is 5.60 Å². The number of imide groups is 1. The first kappa shape index (κ1) is 14.1. The number of nitrogens with zero attached hydrogens (tertiary/aromatic N) is 2. The molecule has 0 radical (unpaired) electrons. The fourth-order valence-electron chi connectivity index (χ4n) is 3.21. The number of benzene rings is 1. The molecule has 1 aromatic carbocycles. The zero-order valence-corrected chi connectivity index (χ0v) is 12.2. The Balaban J connectivity index is 1.74. The molecule has 112 valence electrons. The smallest absolute Gasteiger partial charge is 0.417 e. The summed E-state index contributed by atoms with van der Waals surface area (Å²) in [6, 6.07) is 10.1. The van der Waals surface area contributed by atoms with E-state index in [9.17, 15) is 9.59 Å². The molecule has 2 aliphatic heterocycles. The van der Waals surface area contributed by atoms with E-state index in [1.807, 2.05) is 18.2 Å². The lowest BCUT2D eigenvalue weighted by Crippen LogP contribution is -2.53. The van der Waals surface area contributed by atoms with E-state index in [-0.39, 0.29) is 5.91 Å². The number of hydrogen-bond donors (Lipinski definition) is 0. The van der Waals surface area contributed by atoms with Crippen LogP contribution in [0.2, 0.25) is 0 Å². The van der Waals surface area contributed by atoms with Crippen LogP contribution in [-0.4, -0.2) is 47.0 Å². The lowest BCUT2D eigenvalue weighted by atomic mass is 9.91. The van der Waals surface area contributed by atoms with Crippen molar-refractivity contribution in [1.82, 2.24) is 9.80 Å². The van der Waals surface area contributed by atoms with E-state index in [0.29, 0.717) is 19.5 Å². The fraction of sp³-hybridized carbons (Fsp3) is 0.500. The van der Waals surface area contributed by atoms with Crippen molar-refractivity contribution in [1.29, 1.82) is 0 Å². The van der Waals surface area contributed by atoms with Gasteiger partial charge in [-0.05, 0) is 31.9 Å². The van der Waals surface area contributed by atoms with Gasteiger partial charge in [-0.2, -0.15) is 0 Å². The van der Waals surface area contributed by atoms with Crippen LogP contribution >= 0.6 is 0 Å². The molecule has 2 amide bonds. The highest BCUT2D eigenvalue weighted by atomic mass is 16.6. The molecule has 21 heavy (non-hydrogen) atoms. The topological polar surface area (TPSA) is 49.9 Å². The van der Waals surface area contributed by atoms with Gasteiger partial charge in [-0.3, -0.25) is 9.69 Å². The lowest BCUT2D eigenvalue weighted by Gasteiger charge is -2.37. The van der Waals surface area contributed by atoms with Crippen LogP contribution in [0.1, 0.15) is 25.3 Å². The van der Waals surface area contributed by atoms with Crippen molar-refractivity contribution in [2.75, 3.05) is 19.6 Å². The fourth-order valence-corrected chi connectivity index (χ4v) is 3.21. The van der Waals surface area contributed by atoms with Gasteiger partial charge in [0.25, 0.3) is 5.91 Å². The highest BCUT2D eigenvalue weighted by Crippen LogP contribution is 2.33. The summed E-state index contributed by atoms with van der Waals surface area (Å²) in [7, 11) is 0. The van der Waals surface area contributed by atoms with Crippen LogP contribution in [0.3, 0.4) is 0 Å². The lowest BCUT2D eigenvalue weighted by molar-refractivity contribution is -0.141. The molecule has 2 heterocycles. The molecule has 2 fully saturated rings. The Bertz CT molecular complexity index is 546. The first-order valence-corrected chi connectivity index (χ1v) is 7.46. The summed E-state index contributed by atoms with van der Waals surface area (Å²) >= 11 is 0. The average Bonchev–Trinajstić information content (AvgIpc) is 2.70. The van der Waals surface area contributed by atoms with Crippen LogP contribution in [0.5, 0.6) is 0 Å². The molecule has 0 aromatic heterocycles. The molecule has 2 aliphatic rings. The van der Waals surface area contributed by atoms with Crippen molar-refractivity contribution in [3.63, 3.8) is 0 Å². The maximum absolute atomic E-state index is 12.5. The van der Waals surface area contributed by atoms with Crippen LogP contribution in [0, 0.1) is 0 Å². The minimum atomic E-state index is -0.958. The monoisotopic (exact) mass is 288 g/mol. The Hall–Kier alpha value is -1.88. The molecule has 1 unspecified atom stereocenters. The van der Waals surface area contributed by atoms with Crippen LogP contribution in [0.4, 0.5) is 4.79 Å². The second-order valence-corrected chi connectivity index (χ2v) is 5.71. The van der Waals surface area contributed by atoms with Crippen LogP contribution in [0.25, 0.3) is 0 Å². The van der Waals surface area contributed by atoms with E-state index < -0.39 is 11.7 Å². The Morgan fingerprint density at radius 1 is 1.24 bits per heavy atom. The number of carbonyl (C=O) groups excluding carboxylic acids is 2. The van der Waals surface area contributed by atoms with Gasteiger partial charge >= 0.3 is 6.09 Å². The molecule has 0 N–H and O–H groups in total. The summed E-state index contributed by atoms with van der Waals surface area (Å²) in [4.78, 5) is 27.7. The number of likely N-dealkylation sites (tertiary alicyclic amines) is 1. The first-order valence-electron chi connectivity index (χ1n) is 7.46. The standard InChI is InChI=1S/C16H20N2O3/c1-2-18-14(19)16(21-15(18)20)9-6-10-17(12-16)11-13-7-4-3-5-8-13/h3-5,7-8H,2,6,9-12H2,1H3. The molecule has 3 rings (SSSR count). The predicted octanol–water partition coefficient (Wildman–Crippen LogP) is 2.02. The van der Waals surface area contributed by atoms with Gasteiger partial charge in [0, 0.05) is 19.6 Å². The van der Waals surface area contributed by atoms with Crippen LogP contribution in [-0.2, 0) is 16.1 Å². The van der Waals surface area contributed by atoms with E-state index in [1.54, 1.807) is 6.92 Å². The number of rotatable bonds is 3. The highest BCUT2D eigenvalue weighted by Gasteiger charge is 2.55. The summed E-state index contributed by atoms with van der Waals surface area (Å²) in [6.45, 7) is 4.36. The maximum Gasteiger partial charge on any atom is 0.417 e. The molecular formula is C16H20N2O3. The minimum Gasteiger partial charge on any atom is -0.431 e. The third-order valence-electron chi connectivity index (χ3n) is 4.24. The zero-order chi connectivity index (χ0) is 14.9.